The zero-order chi connectivity index (χ0) is 17.5. The Morgan fingerprint density at radius 1 is 1.36 bits per heavy atom. The highest BCUT2D eigenvalue weighted by Crippen LogP contribution is 2.10. The molecule has 136 valence electrons. The molecule has 0 spiro atoms. The Morgan fingerprint density at radius 3 is 3.04 bits per heavy atom. The van der Waals surface area contributed by atoms with Crippen molar-refractivity contribution >= 4 is 0 Å². The van der Waals surface area contributed by atoms with Crippen molar-refractivity contribution < 1.29 is 19.0 Å². The Morgan fingerprint density at radius 2 is 2.24 bits per heavy atom. The van der Waals surface area contributed by atoms with Gasteiger partial charge in [-0.3, -0.25) is 9.58 Å². The molecule has 0 aliphatic carbocycles. The third-order valence-corrected chi connectivity index (χ3v) is 4.17. The number of morpholine rings is 1. The van der Waals surface area contributed by atoms with Gasteiger partial charge in [0.05, 0.1) is 38.6 Å². The second-order valence-corrected chi connectivity index (χ2v) is 6.24. The molecule has 6 nitrogen and oxygen atoms in total. The molecule has 1 fully saturated rings. The number of aliphatic hydroxyl groups is 1. The lowest BCUT2D eigenvalue weighted by molar-refractivity contribution is -0.0584. The topological polar surface area (TPSA) is 59.8 Å². The van der Waals surface area contributed by atoms with E-state index in [9.17, 15) is 9.50 Å². The zero-order valence-corrected chi connectivity index (χ0v) is 14.1. The van der Waals surface area contributed by atoms with Gasteiger partial charge in [-0.15, -0.1) is 0 Å². The summed E-state index contributed by atoms with van der Waals surface area (Å²) in [7, 11) is 0. The largest absolute Gasteiger partial charge is 0.389 e. The van der Waals surface area contributed by atoms with Gasteiger partial charge in [0.1, 0.15) is 5.82 Å². The Labute approximate surface area is 146 Å². The number of β-amino-alcohol motifs (C(OH)–C–C–N with tert-alkyl or cyclic N) is 1. The number of hydrogen-bond acceptors (Lipinski definition) is 5. The van der Waals surface area contributed by atoms with Crippen molar-refractivity contribution in [3.8, 4) is 0 Å². The van der Waals surface area contributed by atoms with Gasteiger partial charge in [-0.2, -0.15) is 5.10 Å². The molecule has 1 aromatic carbocycles. The minimum atomic E-state index is -0.616. The molecule has 2 atom stereocenters. The average molecular weight is 349 g/mol. The maximum atomic E-state index is 13.5. The second-order valence-electron chi connectivity index (χ2n) is 6.24. The van der Waals surface area contributed by atoms with Crippen molar-refractivity contribution in [2.24, 2.45) is 0 Å². The van der Waals surface area contributed by atoms with Crippen LogP contribution in [0, 0.1) is 5.82 Å². The summed E-state index contributed by atoms with van der Waals surface area (Å²) in [6.07, 6.45) is 3.10. The summed E-state index contributed by atoms with van der Waals surface area (Å²) in [5, 5.41) is 14.4. The summed E-state index contributed by atoms with van der Waals surface area (Å²) in [5.41, 5.74) is 0.500. The highest BCUT2D eigenvalue weighted by Gasteiger charge is 2.22. The predicted molar refractivity (Wildman–Crippen MR) is 90.5 cm³/mol. The smallest absolute Gasteiger partial charge is 0.128 e. The highest BCUT2D eigenvalue weighted by atomic mass is 19.1. The van der Waals surface area contributed by atoms with Gasteiger partial charge in [-0.05, 0) is 12.1 Å². The van der Waals surface area contributed by atoms with Crippen LogP contribution < -0.4 is 0 Å². The molecule has 1 aliphatic rings. The van der Waals surface area contributed by atoms with E-state index in [1.807, 2.05) is 16.9 Å². The summed E-state index contributed by atoms with van der Waals surface area (Å²) in [5.74, 6) is -0.286. The van der Waals surface area contributed by atoms with Crippen molar-refractivity contribution in [2.45, 2.75) is 25.4 Å². The third kappa shape index (κ3) is 5.61. The van der Waals surface area contributed by atoms with Crippen molar-refractivity contribution in [3.63, 3.8) is 0 Å². The minimum Gasteiger partial charge on any atom is -0.389 e. The number of nitrogens with zero attached hydrogens (tertiary/aromatic N) is 3. The van der Waals surface area contributed by atoms with E-state index in [1.165, 1.54) is 6.07 Å². The number of hydrogen-bond donors (Lipinski definition) is 1. The Hall–Kier alpha value is -1.80. The van der Waals surface area contributed by atoms with Gasteiger partial charge in [0.25, 0.3) is 0 Å². The fraction of sp³-hybridized carbons (Fsp3) is 0.500. The van der Waals surface area contributed by atoms with E-state index in [4.69, 9.17) is 9.47 Å². The Balaban J connectivity index is 1.38. The molecule has 0 bridgehead atoms. The molecule has 1 saturated heterocycles. The van der Waals surface area contributed by atoms with Crippen LogP contribution in [0.4, 0.5) is 4.39 Å². The normalized spacial score (nSPS) is 19.8. The maximum Gasteiger partial charge on any atom is 0.128 e. The van der Waals surface area contributed by atoms with Gasteiger partial charge < -0.3 is 14.6 Å². The minimum absolute atomic E-state index is 0.0557. The molecule has 2 heterocycles. The van der Waals surface area contributed by atoms with Crippen LogP contribution in [-0.4, -0.2) is 64.8 Å². The Kier molecular flexibility index (Phi) is 6.52. The molecule has 1 aromatic heterocycles. The highest BCUT2D eigenvalue weighted by molar-refractivity contribution is 5.16. The standard InChI is InChI=1S/C18H24FN3O3/c19-18-5-2-1-4-15(18)13-24-14-16(23)10-21-8-9-25-17(11-21)12-22-7-3-6-20-22/h1-7,16-17,23H,8-14H2. The number of halogens is 1. The van der Waals surface area contributed by atoms with Crippen LogP contribution >= 0.6 is 0 Å². The number of aliphatic hydroxyl groups excluding tert-OH is 1. The number of rotatable bonds is 8. The monoisotopic (exact) mass is 349 g/mol. The van der Waals surface area contributed by atoms with Gasteiger partial charge >= 0.3 is 0 Å². The van der Waals surface area contributed by atoms with Crippen molar-refractivity contribution in [1.29, 1.82) is 0 Å². The van der Waals surface area contributed by atoms with Crippen molar-refractivity contribution in [2.75, 3.05) is 32.8 Å². The van der Waals surface area contributed by atoms with Gasteiger partial charge in [0.2, 0.25) is 0 Å². The summed E-state index contributed by atoms with van der Waals surface area (Å²) >= 11 is 0. The van der Waals surface area contributed by atoms with Crippen LogP contribution in [0.3, 0.4) is 0 Å². The molecule has 0 saturated carbocycles. The summed E-state index contributed by atoms with van der Waals surface area (Å²) in [6.45, 7) is 3.70. The predicted octanol–water partition coefficient (Wildman–Crippen LogP) is 1.30. The van der Waals surface area contributed by atoms with E-state index in [2.05, 4.69) is 10.00 Å². The lowest BCUT2D eigenvalue weighted by Gasteiger charge is -2.34. The quantitative estimate of drug-likeness (QED) is 0.778. The molecular weight excluding hydrogens is 325 g/mol. The van der Waals surface area contributed by atoms with Crippen LogP contribution in [0.2, 0.25) is 0 Å². The van der Waals surface area contributed by atoms with E-state index in [-0.39, 0.29) is 25.1 Å². The van der Waals surface area contributed by atoms with Crippen LogP contribution in [0.5, 0.6) is 0 Å². The Bertz CT molecular complexity index is 638. The molecule has 1 N–H and O–H groups in total. The van der Waals surface area contributed by atoms with E-state index in [1.54, 1.807) is 24.4 Å². The van der Waals surface area contributed by atoms with Crippen molar-refractivity contribution in [1.82, 2.24) is 14.7 Å². The molecule has 2 aromatic rings. The molecule has 0 amide bonds. The third-order valence-electron chi connectivity index (χ3n) is 4.17. The summed E-state index contributed by atoms with van der Waals surface area (Å²) < 4.78 is 26.6. The lowest BCUT2D eigenvalue weighted by atomic mass is 10.2. The van der Waals surface area contributed by atoms with Gasteiger partial charge in [-0.1, -0.05) is 18.2 Å². The fourth-order valence-corrected chi connectivity index (χ4v) is 2.94. The summed E-state index contributed by atoms with van der Waals surface area (Å²) in [4.78, 5) is 2.16. The second kappa shape index (κ2) is 9.05. The van der Waals surface area contributed by atoms with E-state index in [0.717, 1.165) is 13.1 Å². The molecule has 3 rings (SSSR count). The van der Waals surface area contributed by atoms with Gasteiger partial charge in [0, 0.05) is 37.6 Å². The lowest BCUT2D eigenvalue weighted by Crippen LogP contribution is -2.47. The fourth-order valence-electron chi connectivity index (χ4n) is 2.94. The van der Waals surface area contributed by atoms with E-state index >= 15 is 0 Å². The number of aromatic nitrogens is 2. The maximum absolute atomic E-state index is 13.5. The molecule has 0 radical (unpaired) electrons. The number of benzene rings is 1. The molecule has 2 unspecified atom stereocenters. The van der Waals surface area contributed by atoms with Gasteiger partial charge in [0.15, 0.2) is 0 Å². The van der Waals surface area contributed by atoms with E-state index < -0.39 is 6.10 Å². The zero-order valence-electron chi connectivity index (χ0n) is 14.1. The van der Waals surface area contributed by atoms with Crippen LogP contribution in [0.15, 0.2) is 42.7 Å². The van der Waals surface area contributed by atoms with Crippen molar-refractivity contribution in [3.05, 3.63) is 54.1 Å². The first-order chi connectivity index (χ1) is 12.2. The van der Waals surface area contributed by atoms with Crippen LogP contribution in [0.1, 0.15) is 5.56 Å². The summed E-state index contributed by atoms with van der Waals surface area (Å²) in [6, 6.07) is 8.39. The van der Waals surface area contributed by atoms with E-state index in [0.29, 0.717) is 25.3 Å². The van der Waals surface area contributed by atoms with Gasteiger partial charge in [-0.25, -0.2) is 4.39 Å². The molecule has 25 heavy (non-hydrogen) atoms. The SMILES string of the molecule is OC(COCc1ccccc1F)CN1CCOC(Cn2cccn2)C1. The van der Waals surface area contributed by atoms with Crippen LogP contribution in [-0.2, 0) is 22.6 Å². The molecular formula is C18H24FN3O3. The van der Waals surface area contributed by atoms with Crippen LogP contribution in [0.25, 0.3) is 0 Å². The number of ether oxygens (including phenoxy) is 2. The average Bonchev–Trinajstić information content (AvgIpc) is 3.10. The first kappa shape index (κ1) is 18.0. The molecule has 7 heteroatoms. The molecule has 1 aliphatic heterocycles. The first-order valence-corrected chi connectivity index (χ1v) is 8.51. The first-order valence-electron chi connectivity index (χ1n) is 8.51.